The summed E-state index contributed by atoms with van der Waals surface area (Å²) in [4.78, 5) is 14.2. The molecule has 156 valence electrons. The summed E-state index contributed by atoms with van der Waals surface area (Å²) >= 11 is 0. The average Bonchev–Trinajstić information content (AvgIpc) is 2.73. The molecule has 0 radical (unpaired) electrons. The van der Waals surface area contributed by atoms with E-state index in [0.29, 0.717) is 18.1 Å². The third kappa shape index (κ3) is 6.57. The number of rotatable bonds is 10. The van der Waals surface area contributed by atoms with Gasteiger partial charge in [0.15, 0.2) is 0 Å². The lowest BCUT2D eigenvalue weighted by Gasteiger charge is -2.25. The molecular formula is C24H37NO3. The van der Waals surface area contributed by atoms with Gasteiger partial charge < -0.3 is 14.7 Å². The molecule has 1 aliphatic rings. The maximum absolute atomic E-state index is 12.3. The normalized spacial score (nSPS) is 15.8. The first-order valence-corrected chi connectivity index (χ1v) is 11.0. The molecule has 0 spiro atoms. The van der Waals surface area contributed by atoms with Gasteiger partial charge in [0, 0.05) is 30.8 Å². The van der Waals surface area contributed by atoms with Crippen molar-refractivity contribution in [1.82, 2.24) is 4.90 Å². The minimum Gasteiger partial charge on any atom is -0.507 e. The number of ether oxygens (including phenoxy) is 1. The molecule has 1 unspecified atom stereocenters. The molecule has 1 aromatic carbocycles. The maximum Gasteiger partial charge on any atom is 0.246 e. The van der Waals surface area contributed by atoms with Crippen molar-refractivity contribution in [1.29, 1.82) is 0 Å². The largest absolute Gasteiger partial charge is 0.507 e. The van der Waals surface area contributed by atoms with Gasteiger partial charge in [0.05, 0.1) is 6.61 Å². The number of benzene rings is 1. The molecule has 0 aromatic heterocycles. The van der Waals surface area contributed by atoms with Gasteiger partial charge in [-0.05, 0) is 55.7 Å². The zero-order valence-corrected chi connectivity index (χ0v) is 17.9. The molecule has 1 amide bonds. The first kappa shape index (κ1) is 22.3. The highest BCUT2D eigenvalue weighted by Gasteiger charge is 2.15. The number of carbonyl (C=O) groups excluding carboxylic acids is 1. The summed E-state index contributed by atoms with van der Waals surface area (Å²) in [5.74, 6) is 1.50. The summed E-state index contributed by atoms with van der Waals surface area (Å²) in [6, 6.07) is 3.65. The van der Waals surface area contributed by atoms with Gasteiger partial charge in [0.1, 0.15) is 11.5 Å². The van der Waals surface area contributed by atoms with E-state index < -0.39 is 0 Å². The van der Waals surface area contributed by atoms with Gasteiger partial charge in [-0.25, -0.2) is 0 Å². The number of piperidine rings is 1. The minimum atomic E-state index is 0.0270. The van der Waals surface area contributed by atoms with Crippen LogP contribution in [0.1, 0.15) is 76.8 Å². The molecule has 1 N–H and O–H groups in total. The lowest BCUT2D eigenvalue weighted by atomic mass is 10.0. The highest BCUT2D eigenvalue weighted by atomic mass is 16.5. The van der Waals surface area contributed by atoms with E-state index >= 15 is 0 Å². The molecule has 0 bridgehead atoms. The number of aromatic hydroxyl groups is 1. The quantitative estimate of drug-likeness (QED) is 0.534. The van der Waals surface area contributed by atoms with Crippen molar-refractivity contribution < 1.29 is 14.6 Å². The Bertz CT molecular complexity index is 647. The second-order valence-corrected chi connectivity index (χ2v) is 7.82. The predicted octanol–water partition coefficient (Wildman–Crippen LogP) is 5.58. The van der Waals surface area contributed by atoms with Gasteiger partial charge in [-0.2, -0.15) is 0 Å². The smallest absolute Gasteiger partial charge is 0.246 e. The SMILES string of the molecule is CCCCC(CC)COc1cc(O)c(/C=C/C(=O)N2CCCCC2)cc1CC. The van der Waals surface area contributed by atoms with Crippen molar-refractivity contribution in [2.24, 2.45) is 5.92 Å². The van der Waals surface area contributed by atoms with Gasteiger partial charge in [0.25, 0.3) is 0 Å². The number of phenolic OH excluding ortho intramolecular Hbond substituents is 1. The summed E-state index contributed by atoms with van der Waals surface area (Å²) in [7, 11) is 0. The van der Waals surface area contributed by atoms with E-state index in [2.05, 4.69) is 20.8 Å². The number of unbranched alkanes of at least 4 members (excludes halogenated alkanes) is 1. The van der Waals surface area contributed by atoms with Gasteiger partial charge in [-0.15, -0.1) is 0 Å². The van der Waals surface area contributed by atoms with Crippen molar-refractivity contribution in [2.45, 2.75) is 72.1 Å². The Morgan fingerprint density at radius 1 is 1.21 bits per heavy atom. The summed E-state index contributed by atoms with van der Waals surface area (Å²) < 4.78 is 6.08. The Morgan fingerprint density at radius 2 is 1.96 bits per heavy atom. The molecule has 4 nitrogen and oxygen atoms in total. The Balaban J connectivity index is 2.05. The number of aryl methyl sites for hydroxylation is 1. The van der Waals surface area contributed by atoms with E-state index in [1.165, 1.54) is 25.7 Å². The van der Waals surface area contributed by atoms with Crippen LogP contribution in [0, 0.1) is 5.92 Å². The summed E-state index contributed by atoms with van der Waals surface area (Å²) in [5, 5.41) is 10.4. The number of hydrogen-bond acceptors (Lipinski definition) is 3. The third-order valence-corrected chi connectivity index (χ3v) is 5.68. The number of carbonyl (C=O) groups is 1. The van der Waals surface area contributed by atoms with E-state index in [1.54, 1.807) is 18.2 Å². The number of likely N-dealkylation sites (tertiary alicyclic amines) is 1. The van der Waals surface area contributed by atoms with Crippen LogP contribution in [0.3, 0.4) is 0 Å². The Morgan fingerprint density at radius 3 is 2.61 bits per heavy atom. The molecule has 1 aliphatic heterocycles. The lowest BCUT2D eigenvalue weighted by Crippen LogP contribution is -2.34. The second-order valence-electron chi connectivity index (χ2n) is 7.82. The van der Waals surface area contributed by atoms with Crippen LogP contribution in [0.4, 0.5) is 0 Å². The van der Waals surface area contributed by atoms with Crippen LogP contribution in [0.15, 0.2) is 18.2 Å². The molecule has 1 aromatic rings. The van der Waals surface area contributed by atoms with Crippen molar-refractivity contribution in [3.63, 3.8) is 0 Å². The fourth-order valence-electron chi connectivity index (χ4n) is 3.66. The monoisotopic (exact) mass is 387 g/mol. The van der Waals surface area contributed by atoms with E-state index in [1.807, 2.05) is 11.0 Å². The molecule has 2 rings (SSSR count). The van der Waals surface area contributed by atoms with Crippen LogP contribution >= 0.6 is 0 Å². The van der Waals surface area contributed by atoms with Crippen LogP contribution in [-0.4, -0.2) is 35.6 Å². The summed E-state index contributed by atoms with van der Waals surface area (Å²) in [5.41, 5.74) is 1.74. The third-order valence-electron chi connectivity index (χ3n) is 5.68. The van der Waals surface area contributed by atoms with E-state index in [9.17, 15) is 9.90 Å². The number of phenols is 1. The number of amides is 1. The first-order chi connectivity index (χ1) is 13.6. The van der Waals surface area contributed by atoms with Crippen molar-refractivity contribution in [3.05, 3.63) is 29.3 Å². The molecule has 28 heavy (non-hydrogen) atoms. The maximum atomic E-state index is 12.3. The Kier molecular flexibility index (Phi) is 9.39. The predicted molar refractivity (Wildman–Crippen MR) is 116 cm³/mol. The molecule has 0 saturated carbocycles. The highest BCUT2D eigenvalue weighted by Crippen LogP contribution is 2.30. The molecular weight excluding hydrogens is 350 g/mol. The minimum absolute atomic E-state index is 0.0270. The van der Waals surface area contributed by atoms with Crippen molar-refractivity contribution >= 4 is 12.0 Å². The molecule has 1 fully saturated rings. The molecule has 1 heterocycles. The zero-order chi connectivity index (χ0) is 20.4. The van der Waals surface area contributed by atoms with E-state index in [-0.39, 0.29) is 11.7 Å². The van der Waals surface area contributed by atoms with Gasteiger partial charge in [0.2, 0.25) is 5.91 Å². The van der Waals surface area contributed by atoms with Crippen molar-refractivity contribution in [2.75, 3.05) is 19.7 Å². The van der Waals surface area contributed by atoms with E-state index in [4.69, 9.17) is 4.74 Å². The fourth-order valence-corrected chi connectivity index (χ4v) is 3.66. The second kappa shape index (κ2) is 11.8. The van der Waals surface area contributed by atoms with Crippen LogP contribution < -0.4 is 4.74 Å². The highest BCUT2D eigenvalue weighted by molar-refractivity contribution is 5.92. The Labute approximate surface area is 170 Å². The van der Waals surface area contributed by atoms with Crippen molar-refractivity contribution in [3.8, 4) is 11.5 Å². The van der Waals surface area contributed by atoms with Gasteiger partial charge >= 0.3 is 0 Å². The van der Waals surface area contributed by atoms with Crippen LogP contribution in [0.2, 0.25) is 0 Å². The summed E-state index contributed by atoms with van der Waals surface area (Å²) in [6.07, 6.45) is 12.2. The summed E-state index contributed by atoms with van der Waals surface area (Å²) in [6.45, 7) is 8.85. The topological polar surface area (TPSA) is 49.8 Å². The van der Waals surface area contributed by atoms with E-state index in [0.717, 1.165) is 50.1 Å². The lowest BCUT2D eigenvalue weighted by molar-refractivity contribution is -0.126. The van der Waals surface area contributed by atoms with Crippen LogP contribution in [0.5, 0.6) is 11.5 Å². The first-order valence-electron chi connectivity index (χ1n) is 11.0. The molecule has 4 heteroatoms. The fraction of sp³-hybridized carbons (Fsp3) is 0.625. The molecule has 0 aliphatic carbocycles. The van der Waals surface area contributed by atoms with Gasteiger partial charge in [-0.3, -0.25) is 4.79 Å². The number of nitrogens with zero attached hydrogens (tertiary/aromatic N) is 1. The van der Waals surface area contributed by atoms with Crippen LogP contribution in [-0.2, 0) is 11.2 Å². The zero-order valence-electron chi connectivity index (χ0n) is 17.9. The van der Waals surface area contributed by atoms with Gasteiger partial charge in [-0.1, -0.05) is 40.0 Å². The van der Waals surface area contributed by atoms with Crippen LogP contribution in [0.25, 0.3) is 6.08 Å². The molecule has 1 atom stereocenters. The molecule has 1 saturated heterocycles. The number of hydrogen-bond donors (Lipinski definition) is 1. The average molecular weight is 388 g/mol. The Hall–Kier alpha value is -1.97. The standard InChI is InChI=1S/C24H37NO3/c1-4-7-11-19(5-2)18-28-23-17-22(26)21(16-20(23)6-3)12-13-24(27)25-14-9-8-10-15-25/h12-13,16-17,19,26H,4-11,14-15,18H2,1-3H3/b13-12+.